The van der Waals surface area contributed by atoms with Gasteiger partial charge in [0.1, 0.15) is 16.8 Å². The highest BCUT2D eigenvalue weighted by Gasteiger charge is 2.06. The normalized spacial score (nSPS) is 10.9. The molecular weight excluding hydrogens is 229 g/mol. The second-order valence-electron chi connectivity index (χ2n) is 3.48. The third-order valence-corrected chi connectivity index (χ3v) is 2.55. The molecule has 84 valence electrons. The molecule has 0 atom stereocenters. The molecule has 0 aliphatic heterocycles. The number of fused-ring (bicyclic) bond motifs is 1. The number of rotatable bonds is 3. The first kappa shape index (κ1) is 11.2. The summed E-state index contributed by atoms with van der Waals surface area (Å²) in [6.07, 6.45) is 1.44. The lowest BCUT2D eigenvalue weighted by Crippen LogP contribution is -2.03. The van der Waals surface area contributed by atoms with Crippen LogP contribution in [0.1, 0.15) is 12.2 Å². The molecule has 3 nitrogen and oxygen atoms in total. The van der Waals surface area contributed by atoms with Gasteiger partial charge in [0.25, 0.3) is 0 Å². The number of benzene rings is 1. The zero-order chi connectivity index (χ0) is 11.5. The van der Waals surface area contributed by atoms with Gasteiger partial charge in [0, 0.05) is 17.9 Å². The van der Waals surface area contributed by atoms with Crippen molar-refractivity contribution in [3.05, 3.63) is 35.0 Å². The molecule has 2 N–H and O–H groups in total. The number of nitrogens with zero attached hydrogens (tertiary/aromatic N) is 2. The van der Waals surface area contributed by atoms with Crippen LogP contribution in [0.4, 0.5) is 4.39 Å². The summed E-state index contributed by atoms with van der Waals surface area (Å²) in [7, 11) is 0. The van der Waals surface area contributed by atoms with E-state index in [1.807, 2.05) is 0 Å². The summed E-state index contributed by atoms with van der Waals surface area (Å²) in [6.45, 7) is 0.572. The first-order valence-corrected chi connectivity index (χ1v) is 5.40. The molecule has 2 rings (SSSR count). The van der Waals surface area contributed by atoms with E-state index in [9.17, 15) is 4.39 Å². The first-order chi connectivity index (χ1) is 7.70. The average molecular weight is 240 g/mol. The van der Waals surface area contributed by atoms with Gasteiger partial charge in [0.15, 0.2) is 0 Å². The largest absolute Gasteiger partial charge is 0.330 e. The van der Waals surface area contributed by atoms with Crippen LogP contribution >= 0.6 is 11.6 Å². The van der Waals surface area contributed by atoms with Crippen molar-refractivity contribution in [2.45, 2.75) is 12.8 Å². The molecule has 16 heavy (non-hydrogen) atoms. The summed E-state index contributed by atoms with van der Waals surface area (Å²) in [5, 5.41) is 1.02. The van der Waals surface area contributed by atoms with Gasteiger partial charge in [-0.1, -0.05) is 11.6 Å². The van der Waals surface area contributed by atoms with Crippen molar-refractivity contribution in [3.63, 3.8) is 0 Å². The molecule has 0 unspecified atom stereocenters. The van der Waals surface area contributed by atoms with Gasteiger partial charge < -0.3 is 5.73 Å². The minimum Gasteiger partial charge on any atom is -0.330 e. The van der Waals surface area contributed by atoms with E-state index in [-0.39, 0.29) is 5.82 Å². The Balaban J connectivity index is 2.47. The van der Waals surface area contributed by atoms with Crippen molar-refractivity contribution in [1.29, 1.82) is 0 Å². The minimum absolute atomic E-state index is 0.327. The number of nitrogens with two attached hydrogens (primary N) is 1. The maximum atomic E-state index is 13.0. The molecule has 0 saturated carbocycles. The summed E-state index contributed by atoms with van der Waals surface area (Å²) in [5.41, 5.74) is 5.94. The van der Waals surface area contributed by atoms with Crippen LogP contribution in [-0.2, 0) is 6.42 Å². The fourth-order valence-electron chi connectivity index (χ4n) is 1.48. The highest BCUT2D eigenvalue weighted by molar-refractivity contribution is 6.34. The Labute approximate surface area is 97.5 Å². The molecule has 0 amide bonds. The fraction of sp³-hybridized carbons (Fsp3) is 0.273. The molecule has 1 aromatic heterocycles. The number of aryl methyl sites for hydroxylation is 1. The van der Waals surface area contributed by atoms with Gasteiger partial charge in [0.2, 0.25) is 0 Å². The van der Waals surface area contributed by atoms with E-state index in [0.29, 0.717) is 34.8 Å². The highest BCUT2D eigenvalue weighted by Crippen LogP contribution is 2.21. The van der Waals surface area contributed by atoms with Crippen molar-refractivity contribution in [1.82, 2.24) is 9.97 Å². The Morgan fingerprint density at radius 1 is 1.31 bits per heavy atom. The van der Waals surface area contributed by atoms with Crippen LogP contribution in [0.25, 0.3) is 10.9 Å². The van der Waals surface area contributed by atoms with E-state index in [1.165, 1.54) is 12.1 Å². The van der Waals surface area contributed by atoms with E-state index in [4.69, 9.17) is 17.3 Å². The van der Waals surface area contributed by atoms with E-state index >= 15 is 0 Å². The number of hydrogen-bond acceptors (Lipinski definition) is 3. The SMILES string of the molecule is NCCCc1nc(Cl)c2ccc(F)cc2n1. The van der Waals surface area contributed by atoms with Gasteiger partial charge in [-0.3, -0.25) is 0 Å². The molecule has 5 heteroatoms. The molecule has 0 spiro atoms. The Morgan fingerprint density at radius 2 is 2.12 bits per heavy atom. The van der Waals surface area contributed by atoms with Crippen LogP contribution in [0, 0.1) is 5.82 Å². The second-order valence-corrected chi connectivity index (χ2v) is 3.84. The summed E-state index contributed by atoms with van der Waals surface area (Å²) < 4.78 is 13.0. The second kappa shape index (κ2) is 4.72. The maximum absolute atomic E-state index is 13.0. The fourth-order valence-corrected chi connectivity index (χ4v) is 1.74. The van der Waals surface area contributed by atoms with Crippen molar-refractivity contribution >= 4 is 22.5 Å². The molecule has 2 aromatic rings. The van der Waals surface area contributed by atoms with Gasteiger partial charge in [-0.15, -0.1) is 0 Å². The quantitative estimate of drug-likeness (QED) is 0.837. The summed E-state index contributed by atoms with van der Waals surface area (Å²) >= 11 is 5.99. The minimum atomic E-state index is -0.327. The molecular formula is C11H11ClFN3. The predicted molar refractivity (Wildman–Crippen MR) is 61.9 cm³/mol. The zero-order valence-corrected chi connectivity index (χ0v) is 9.34. The Morgan fingerprint density at radius 3 is 2.88 bits per heavy atom. The van der Waals surface area contributed by atoms with Gasteiger partial charge in [-0.05, 0) is 25.1 Å². The molecule has 1 aromatic carbocycles. The summed E-state index contributed by atoms with van der Waals surface area (Å²) in [6, 6.07) is 4.28. The van der Waals surface area contributed by atoms with Crippen molar-refractivity contribution in [2.24, 2.45) is 5.73 Å². The van der Waals surface area contributed by atoms with Crippen LogP contribution in [0.3, 0.4) is 0 Å². The summed E-state index contributed by atoms with van der Waals surface area (Å²) in [5.74, 6) is 0.278. The van der Waals surface area contributed by atoms with Crippen LogP contribution in [-0.4, -0.2) is 16.5 Å². The average Bonchev–Trinajstić information content (AvgIpc) is 2.25. The molecule has 0 saturated heterocycles. The van der Waals surface area contributed by atoms with Gasteiger partial charge >= 0.3 is 0 Å². The van der Waals surface area contributed by atoms with Crippen molar-refractivity contribution in [3.8, 4) is 0 Å². The van der Waals surface area contributed by atoms with Crippen LogP contribution < -0.4 is 5.73 Å². The Hall–Kier alpha value is -1.26. The lowest BCUT2D eigenvalue weighted by Gasteiger charge is -2.03. The van der Waals surface area contributed by atoms with Crippen LogP contribution in [0.2, 0.25) is 5.15 Å². The van der Waals surface area contributed by atoms with Crippen molar-refractivity contribution in [2.75, 3.05) is 6.54 Å². The van der Waals surface area contributed by atoms with Gasteiger partial charge in [0.05, 0.1) is 5.52 Å². The van der Waals surface area contributed by atoms with Crippen molar-refractivity contribution < 1.29 is 4.39 Å². The molecule has 0 fully saturated rings. The number of aromatic nitrogens is 2. The molecule has 0 bridgehead atoms. The third-order valence-electron chi connectivity index (χ3n) is 2.26. The Bertz CT molecular complexity index is 516. The highest BCUT2D eigenvalue weighted by atomic mass is 35.5. The number of halogens is 2. The lowest BCUT2D eigenvalue weighted by atomic mass is 10.2. The van der Waals surface area contributed by atoms with E-state index < -0.39 is 0 Å². The van der Waals surface area contributed by atoms with Gasteiger partial charge in [-0.25, -0.2) is 14.4 Å². The molecule has 0 aliphatic rings. The molecule has 0 aliphatic carbocycles. The topological polar surface area (TPSA) is 51.8 Å². The molecule has 1 heterocycles. The summed E-state index contributed by atoms with van der Waals surface area (Å²) in [4.78, 5) is 8.39. The van der Waals surface area contributed by atoms with E-state index in [2.05, 4.69) is 9.97 Å². The van der Waals surface area contributed by atoms with Crippen LogP contribution in [0.5, 0.6) is 0 Å². The lowest BCUT2D eigenvalue weighted by molar-refractivity contribution is 0.629. The zero-order valence-electron chi connectivity index (χ0n) is 8.58. The monoisotopic (exact) mass is 239 g/mol. The first-order valence-electron chi connectivity index (χ1n) is 5.02. The molecule has 0 radical (unpaired) electrons. The third kappa shape index (κ3) is 2.28. The maximum Gasteiger partial charge on any atom is 0.140 e. The Kier molecular flexibility index (Phi) is 3.31. The van der Waals surface area contributed by atoms with Crippen LogP contribution in [0.15, 0.2) is 18.2 Å². The van der Waals surface area contributed by atoms with Gasteiger partial charge in [-0.2, -0.15) is 0 Å². The van der Waals surface area contributed by atoms with E-state index in [0.717, 1.165) is 6.42 Å². The number of hydrogen-bond donors (Lipinski definition) is 1. The standard InChI is InChI=1S/C11H11ClFN3/c12-11-8-4-3-7(13)6-9(8)15-10(16-11)2-1-5-14/h3-4,6H,1-2,5,14H2. The van der Waals surface area contributed by atoms with E-state index in [1.54, 1.807) is 6.07 Å². The predicted octanol–water partition coefficient (Wildman–Crippen LogP) is 2.31. The smallest absolute Gasteiger partial charge is 0.140 e.